The number of aliphatic carboxylic acids is 2. The fourth-order valence-electron chi connectivity index (χ4n) is 0. The monoisotopic (exact) mass is 204 g/mol. The van der Waals surface area contributed by atoms with Gasteiger partial charge < -0.3 is 19.8 Å². The van der Waals surface area contributed by atoms with Crippen LogP contribution in [0.25, 0.3) is 0 Å². The van der Waals surface area contributed by atoms with E-state index in [-0.39, 0.29) is 46.6 Å². The number of hydrogen-bond acceptors (Lipinski definition) is 4. The summed E-state index contributed by atoms with van der Waals surface area (Å²) in [5.74, 6) is -2.17. The molecule has 6 heteroatoms. The maximum atomic E-state index is 8.89. The van der Waals surface area contributed by atoms with Crippen molar-refractivity contribution in [3.63, 3.8) is 0 Å². The van der Waals surface area contributed by atoms with E-state index in [1.807, 2.05) is 0 Å². The smallest absolute Gasteiger partial charge is 0.550 e. The van der Waals surface area contributed by atoms with Crippen LogP contribution in [-0.2, 0) is 26.7 Å². The Morgan fingerprint density at radius 2 is 1.00 bits per heavy atom. The molecule has 0 aliphatic heterocycles. The molecule has 0 saturated carbocycles. The van der Waals surface area contributed by atoms with Crippen LogP contribution >= 0.6 is 0 Å². The summed E-state index contributed by atoms with van der Waals surface area (Å²) in [6.07, 6.45) is 0. The van der Waals surface area contributed by atoms with E-state index in [9.17, 15) is 0 Å². The van der Waals surface area contributed by atoms with E-state index < -0.39 is 11.9 Å². The molecule has 0 aliphatic rings. The third kappa shape index (κ3) is 2230. The third-order valence-corrected chi connectivity index (χ3v) is 0. The van der Waals surface area contributed by atoms with Crippen molar-refractivity contribution in [3.05, 3.63) is 0 Å². The number of carboxylic acid groups (broad SMARTS) is 2. The second kappa shape index (κ2) is 16.2. The Balaban J connectivity index is -0.0000000300. The maximum absolute atomic E-state index is 8.89. The van der Waals surface area contributed by atoms with Crippen LogP contribution in [0.1, 0.15) is 13.8 Å². The Morgan fingerprint density at radius 1 is 1.00 bits per heavy atom. The van der Waals surface area contributed by atoms with Gasteiger partial charge in [0.15, 0.2) is 0 Å². The first-order valence-corrected chi connectivity index (χ1v) is 1.82. The Morgan fingerprint density at radius 3 is 1.00 bits per heavy atom. The summed E-state index contributed by atoms with van der Waals surface area (Å²) >= 11 is 0. The van der Waals surface area contributed by atoms with Crippen molar-refractivity contribution >= 4 is 11.9 Å². The minimum atomic E-state index is -1.08. The van der Waals surface area contributed by atoms with Crippen LogP contribution in [0, 0.1) is 0 Å². The number of hydrogen-bond donors (Lipinski definition) is 0. The van der Waals surface area contributed by atoms with E-state index in [2.05, 4.69) is 0 Å². The van der Waals surface area contributed by atoms with Gasteiger partial charge in [0.05, 0.1) is 0 Å². The maximum Gasteiger partial charge on any atom is 2.00 e. The summed E-state index contributed by atoms with van der Waals surface area (Å²) in [6.45, 7) is 1.94. The van der Waals surface area contributed by atoms with Gasteiger partial charge in [0.1, 0.15) is 0 Å². The summed E-state index contributed by atoms with van der Waals surface area (Å²) in [6, 6.07) is 0. The molecule has 0 unspecified atom stereocenters. The summed E-state index contributed by atoms with van der Waals surface area (Å²) in [7, 11) is 0. The molecule has 0 amide bonds. The van der Waals surface area contributed by atoms with E-state index in [0.29, 0.717) is 0 Å². The Hall–Kier alpha value is 0.459. The fourth-order valence-corrected chi connectivity index (χ4v) is 0. The molecule has 0 saturated heterocycles. The van der Waals surface area contributed by atoms with Gasteiger partial charge in [-0.3, -0.25) is 0 Å². The van der Waals surface area contributed by atoms with Crippen molar-refractivity contribution in [1.82, 2.24) is 0 Å². The van der Waals surface area contributed by atoms with Crippen molar-refractivity contribution < 1.29 is 66.4 Å². The molecule has 0 heterocycles. The molecule has 0 fully saturated rings. The van der Waals surface area contributed by atoms with E-state index in [0.717, 1.165) is 13.8 Å². The fraction of sp³-hybridized carbons (Fsp3) is 0.500. The molecule has 4 nitrogen and oxygen atoms in total. The van der Waals surface area contributed by atoms with E-state index in [1.165, 1.54) is 0 Å². The van der Waals surface area contributed by atoms with Gasteiger partial charge in [-0.15, -0.1) is 0 Å². The molecule has 0 aromatic carbocycles. The molecule has 0 aromatic rings. The largest absolute Gasteiger partial charge is 2.00 e. The molecule has 10 heavy (non-hydrogen) atoms. The molecule has 0 spiro atoms. The van der Waals surface area contributed by atoms with Gasteiger partial charge >= 0.3 is 46.6 Å². The number of carboxylic acids is 2. The minimum absolute atomic E-state index is 0. The Bertz CT molecular complexity index is 75.3. The quantitative estimate of drug-likeness (QED) is 0.369. The first-order chi connectivity index (χ1) is 3.46. The molecule has 57 valence electrons. The molecule has 0 rings (SSSR count). The van der Waals surface area contributed by atoms with Crippen LogP contribution in [0.2, 0.25) is 0 Å². The zero-order chi connectivity index (χ0) is 7.15. The summed E-state index contributed by atoms with van der Waals surface area (Å²) in [5.41, 5.74) is 0. The van der Waals surface area contributed by atoms with Gasteiger partial charge in [0.2, 0.25) is 0 Å². The molecule has 0 bridgehead atoms. The van der Waals surface area contributed by atoms with Crippen LogP contribution in [0.5, 0.6) is 0 Å². The number of rotatable bonds is 0. The number of carbonyl (C=O) groups is 2. The van der Waals surface area contributed by atoms with Gasteiger partial charge in [-0.25, -0.2) is 0 Å². The van der Waals surface area contributed by atoms with Gasteiger partial charge in [-0.05, 0) is 13.8 Å². The van der Waals surface area contributed by atoms with E-state index in [4.69, 9.17) is 19.8 Å². The number of carbonyl (C=O) groups excluding carboxylic acids is 2. The second-order valence-electron chi connectivity index (χ2n) is 0.983. The van der Waals surface area contributed by atoms with Crippen molar-refractivity contribution in [1.29, 1.82) is 0 Å². The van der Waals surface area contributed by atoms with Crippen molar-refractivity contribution in [3.8, 4) is 0 Å². The first-order valence-electron chi connectivity index (χ1n) is 1.82. The van der Waals surface area contributed by atoms with Crippen LogP contribution in [0.15, 0.2) is 0 Å². The van der Waals surface area contributed by atoms with Crippen molar-refractivity contribution in [2.45, 2.75) is 13.8 Å². The zero-order valence-corrected chi connectivity index (χ0v) is 8.88. The molecule has 0 aromatic heterocycles. The standard InChI is InChI=1S/2C2H4O2.Cu.Na/c2*1-2(3)4;;/h2*1H3,(H,3,4);;/q;;+2;+1/p-2. The molecular formula is C4H6CuNaO4+. The minimum Gasteiger partial charge on any atom is -0.550 e. The average Bonchev–Trinajstić information content (AvgIpc) is 1.25. The van der Waals surface area contributed by atoms with Crippen LogP contribution < -0.4 is 39.8 Å². The normalized spacial score (nSPS) is 5.00. The zero-order valence-electron chi connectivity index (χ0n) is 5.93. The van der Waals surface area contributed by atoms with Crippen molar-refractivity contribution in [2.75, 3.05) is 0 Å². The molecule has 0 atom stereocenters. The van der Waals surface area contributed by atoms with Crippen molar-refractivity contribution in [2.24, 2.45) is 0 Å². The topological polar surface area (TPSA) is 80.3 Å². The van der Waals surface area contributed by atoms with Crippen LogP contribution in [0.3, 0.4) is 0 Å². The summed E-state index contributed by atoms with van der Waals surface area (Å²) in [5, 5.41) is 17.8. The predicted molar refractivity (Wildman–Crippen MR) is 21.4 cm³/mol. The average molecular weight is 205 g/mol. The first kappa shape index (κ1) is 22.4. The summed E-state index contributed by atoms with van der Waals surface area (Å²) < 4.78 is 0. The van der Waals surface area contributed by atoms with Gasteiger partial charge in [-0.2, -0.15) is 0 Å². The van der Waals surface area contributed by atoms with E-state index >= 15 is 0 Å². The van der Waals surface area contributed by atoms with Gasteiger partial charge in [-0.1, -0.05) is 0 Å². The predicted octanol–water partition coefficient (Wildman–Crippen LogP) is -5.49. The molecule has 0 aliphatic carbocycles. The van der Waals surface area contributed by atoms with Gasteiger partial charge in [0, 0.05) is 11.9 Å². The Kier molecular flexibility index (Phi) is 36.4. The molecular weight excluding hydrogens is 199 g/mol. The van der Waals surface area contributed by atoms with Crippen LogP contribution in [0.4, 0.5) is 0 Å². The SMILES string of the molecule is CC(=O)[O-].CC(=O)[O-].[Cu+2].[Na+]. The van der Waals surface area contributed by atoms with Gasteiger partial charge in [0.25, 0.3) is 0 Å². The van der Waals surface area contributed by atoms with E-state index in [1.54, 1.807) is 0 Å². The Labute approximate surface area is 91.8 Å². The second-order valence-corrected chi connectivity index (χ2v) is 0.983. The summed E-state index contributed by atoms with van der Waals surface area (Å²) in [4.78, 5) is 17.8. The molecule has 1 radical (unpaired) electrons. The third-order valence-electron chi connectivity index (χ3n) is 0. The van der Waals surface area contributed by atoms with Crippen LogP contribution in [-0.4, -0.2) is 11.9 Å². The molecule has 0 N–H and O–H groups in total.